The fourth-order valence-electron chi connectivity index (χ4n) is 1.80. The fraction of sp³-hybridized carbons (Fsp3) is 0.333. The van der Waals surface area contributed by atoms with Crippen LogP contribution in [0.1, 0.15) is 19.0 Å². The number of nitrogens with zero attached hydrogens (tertiary/aromatic N) is 2. The summed E-state index contributed by atoms with van der Waals surface area (Å²) >= 11 is 0. The molecule has 0 fully saturated rings. The molecule has 2 aromatic rings. The quantitative estimate of drug-likeness (QED) is 0.855. The van der Waals surface area contributed by atoms with E-state index in [2.05, 4.69) is 16.9 Å². The van der Waals surface area contributed by atoms with Crippen molar-refractivity contribution in [3.63, 3.8) is 0 Å². The number of rotatable bonds is 3. The minimum atomic E-state index is 0.306. The Kier molecular flexibility index (Phi) is 2.90. The number of hydrogen-bond acceptors (Lipinski definition) is 4. The van der Waals surface area contributed by atoms with Crippen molar-refractivity contribution in [2.45, 2.75) is 19.8 Å². The maximum Gasteiger partial charge on any atom is 0.220 e. The molecule has 16 heavy (non-hydrogen) atoms. The Morgan fingerprint density at radius 2 is 2.12 bits per heavy atom. The number of hydrogen-bond donors (Lipinski definition) is 1. The average Bonchev–Trinajstić information content (AvgIpc) is 2.28. The van der Waals surface area contributed by atoms with Gasteiger partial charge in [-0.25, -0.2) is 9.97 Å². The summed E-state index contributed by atoms with van der Waals surface area (Å²) in [5.41, 5.74) is 7.48. The molecule has 84 valence electrons. The molecular weight excluding hydrogens is 202 g/mol. The Labute approximate surface area is 94.5 Å². The third kappa shape index (κ3) is 1.78. The van der Waals surface area contributed by atoms with Gasteiger partial charge in [0.25, 0.3) is 0 Å². The van der Waals surface area contributed by atoms with E-state index in [1.54, 1.807) is 7.11 Å². The van der Waals surface area contributed by atoms with Gasteiger partial charge in [-0.3, -0.25) is 0 Å². The van der Waals surface area contributed by atoms with E-state index in [1.807, 2.05) is 18.2 Å². The number of ether oxygens (including phenoxy) is 1. The van der Waals surface area contributed by atoms with Crippen molar-refractivity contribution in [1.29, 1.82) is 0 Å². The molecule has 2 N–H and O–H groups in total. The number of anilines is 1. The van der Waals surface area contributed by atoms with Crippen LogP contribution in [0.15, 0.2) is 18.2 Å². The molecule has 0 spiro atoms. The van der Waals surface area contributed by atoms with E-state index in [0.717, 1.165) is 35.2 Å². The Hall–Kier alpha value is -1.84. The smallest absolute Gasteiger partial charge is 0.220 e. The van der Waals surface area contributed by atoms with Crippen molar-refractivity contribution in [2.24, 2.45) is 0 Å². The van der Waals surface area contributed by atoms with Crippen molar-refractivity contribution in [1.82, 2.24) is 9.97 Å². The van der Waals surface area contributed by atoms with Gasteiger partial charge < -0.3 is 10.5 Å². The third-order valence-electron chi connectivity index (χ3n) is 2.49. The van der Waals surface area contributed by atoms with Gasteiger partial charge in [-0.05, 0) is 12.5 Å². The van der Waals surface area contributed by atoms with Crippen LogP contribution >= 0.6 is 0 Å². The van der Waals surface area contributed by atoms with Crippen molar-refractivity contribution < 1.29 is 4.74 Å². The lowest BCUT2D eigenvalue weighted by molar-refractivity contribution is 0.419. The van der Waals surface area contributed by atoms with E-state index in [0.29, 0.717) is 5.95 Å². The second kappa shape index (κ2) is 4.35. The van der Waals surface area contributed by atoms with Gasteiger partial charge in [0.15, 0.2) is 0 Å². The molecule has 0 aliphatic carbocycles. The third-order valence-corrected chi connectivity index (χ3v) is 2.49. The van der Waals surface area contributed by atoms with Gasteiger partial charge in [0.1, 0.15) is 11.3 Å². The van der Waals surface area contributed by atoms with Gasteiger partial charge in [0, 0.05) is 5.39 Å². The second-order valence-corrected chi connectivity index (χ2v) is 3.63. The molecule has 0 saturated heterocycles. The predicted molar refractivity (Wildman–Crippen MR) is 64.5 cm³/mol. The van der Waals surface area contributed by atoms with Crippen LogP contribution in [0.2, 0.25) is 0 Å². The summed E-state index contributed by atoms with van der Waals surface area (Å²) in [6.07, 6.45) is 1.93. The lowest BCUT2D eigenvalue weighted by Gasteiger charge is -2.08. The highest BCUT2D eigenvalue weighted by atomic mass is 16.5. The number of nitrogen functional groups attached to an aromatic ring is 1. The highest BCUT2D eigenvalue weighted by Gasteiger charge is 2.09. The number of aromatic nitrogens is 2. The summed E-state index contributed by atoms with van der Waals surface area (Å²) in [5, 5.41) is 1.02. The van der Waals surface area contributed by atoms with E-state index in [1.165, 1.54) is 0 Å². The first-order valence-electron chi connectivity index (χ1n) is 5.35. The SMILES string of the molecule is CCCc1nc(N)nc2c(OC)cccc12. The van der Waals surface area contributed by atoms with Gasteiger partial charge >= 0.3 is 0 Å². The molecule has 1 heterocycles. The lowest BCUT2D eigenvalue weighted by atomic mass is 10.1. The molecule has 0 saturated carbocycles. The Balaban J connectivity index is 2.72. The van der Waals surface area contributed by atoms with Gasteiger partial charge in [-0.1, -0.05) is 25.5 Å². The first-order chi connectivity index (χ1) is 7.76. The maximum atomic E-state index is 5.70. The summed E-state index contributed by atoms with van der Waals surface area (Å²) < 4.78 is 5.27. The number of benzene rings is 1. The minimum absolute atomic E-state index is 0.306. The molecule has 2 rings (SSSR count). The van der Waals surface area contributed by atoms with Crippen molar-refractivity contribution >= 4 is 16.9 Å². The van der Waals surface area contributed by atoms with Crippen LogP contribution in [0, 0.1) is 0 Å². The van der Waals surface area contributed by atoms with Gasteiger partial charge in [-0.2, -0.15) is 0 Å². The van der Waals surface area contributed by atoms with Gasteiger partial charge in [0.2, 0.25) is 5.95 Å². The van der Waals surface area contributed by atoms with E-state index in [4.69, 9.17) is 10.5 Å². The Morgan fingerprint density at radius 1 is 1.31 bits per heavy atom. The number of fused-ring (bicyclic) bond motifs is 1. The Bertz CT molecular complexity index is 511. The molecule has 1 aromatic carbocycles. The summed E-state index contributed by atoms with van der Waals surface area (Å²) in [5.74, 6) is 1.05. The summed E-state index contributed by atoms with van der Waals surface area (Å²) in [6, 6.07) is 5.83. The molecule has 0 amide bonds. The standard InChI is InChI=1S/C12H15N3O/c1-3-5-9-8-6-4-7-10(16-2)11(8)15-12(13)14-9/h4,6-7H,3,5H2,1-2H3,(H2,13,14,15). The van der Waals surface area contributed by atoms with Crippen molar-refractivity contribution in [2.75, 3.05) is 12.8 Å². The predicted octanol–water partition coefficient (Wildman–Crippen LogP) is 2.17. The van der Waals surface area contributed by atoms with Crippen LogP contribution in [-0.4, -0.2) is 17.1 Å². The zero-order valence-corrected chi connectivity index (χ0v) is 9.53. The minimum Gasteiger partial charge on any atom is -0.494 e. The first-order valence-corrected chi connectivity index (χ1v) is 5.35. The molecule has 4 heteroatoms. The maximum absolute atomic E-state index is 5.70. The topological polar surface area (TPSA) is 61.0 Å². The van der Waals surface area contributed by atoms with Gasteiger partial charge in [-0.15, -0.1) is 0 Å². The second-order valence-electron chi connectivity index (χ2n) is 3.63. The molecule has 0 aliphatic heterocycles. The van der Waals surface area contributed by atoms with E-state index < -0.39 is 0 Å². The fourth-order valence-corrected chi connectivity index (χ4v) is 1.80. The van der Waals surface area contributed by atoms with E-state index in [-0.39, 0.29) is 0 Å². The zero-order valence-electron chi connectivity index (χ0n) is 9.53. The van der Waals surface area contributed by atoms with Gasteiger partial charge in [0.05, 0.1) is 12.8 Å². The van der Waals surface area contributed by atoms with Crippen LogP contribution in [0.4, 0.5) is 5.95 Å². The molecule has 0 atom stereocenters. The van der Waals surface area contributed by atoms with Crippen LogP contribution in [-0.2, 0) is 6.42 Å². The number of para-hydroxylation sites is 1. The molecular formula is C12H15N3O. The number of methoxy groups -OCH3 is 1. The number of aryl methyl sites for hydroxylation is 1. The van der Waals surface area contributed by atoms with Crippen LogP contribution in [0.3, 0.4) is 0 Å². The Morgan fingerprint density at radius 3 is 2.81 bits per heavy atom. The highest BCUT2D eigenvalue weighted by Crippen LogP contribution is 2.26. The molecule has 0 aliphatic rings. The van der Waals surface area contributed by atoms with Crippen molar-refractivity contribution in [3.05, 3.63) is 23.9 Å². The van der Waals surface area contributed by atoms with E-state index in [9.17, 15) is 0 Å². The molecule has 1 aromatic heterocycles. The summed E-state index contributed by atoms with van der Waals surface area (Å²) in [7, 11) is 1.63. The molecule has 0 unspecified atom stereocenters. The summed E-state index contributed by atoms with van der Waals surface area (Å²) in [6.45, 7) is 2.12. The number of nitrogens with two attached hydrogens (primary N) is 1. The first kappa shape index (κ1) is 10.7. The zero-order chi connectivity index (χ0) is 11.5. The van der Waals surface area contributed by atoms with E-state index >= 15 is 0 Å². The molecule has 0 bridgehead atoms. The molecule has 4 nitrogen and oxygen atoms in total. The van der Waals surface area contributed by atoms with Crippen LogP contribution in [0.25, 0.3) is 10.9 Å². The van der Waals surface area contributed by atoms with Crippen LogP contribution < -0.4 is 10.5 Å². The largest absolute Gasteiger partial charge is 0.494 e. The summed E-state index contributed by atoms with van der Waals surface area (Å²) in [4.78, 5) is 8.51. The normalized spacial score (nSPS) is 10.6. The van der Waals surface area contributed by atoms with Crippen LogP contribution in [0.5, 0.6) is 5.75 Å². The molecule has 0 radical (unpaired) electrons. The lowest BCUT2D eigenvalue weighted by Crippen LogP contribution is -2.01. The monoisotopic (exact) mass is 217 g/mol. The average molecular weight is 217 g/mol. The highest BCUT2D eigenvalue weighted by molar-refractivity contribution is 5.87. The van der Waals surface area contributed by atoms with Crippen molar-refractivity contribution in [3.8, 4) is 5.75 Å².